The van der Waals surface area contributed by atoms with Gasteiger partial charge in [0.15, 0.2) is 0 Å². The Hall–Kier alpha value is -2.49. The topological polar surface area (TPSA) is 56.1 Å². The summed E-state index contributed by atoms with van der Waals surface area (Å²) in [6.45, 7) is 1.53. The molecule has 0 atom stereocenters. The molecule has 1 heterocycles. The van der Waals surface area contributed by atoms with E-state index in [2.05, 4.69) is 5.32 Å². The third-order valence-electron chi connectivity index (χ3n) is 3.27. The molecule has 1 fully saturated rings. The van der Waals surface area contributed by atoms with E-state index >= 15 is 0 Å². The van der Waals surface area contributed by atoms with Gasteiger partial charge in [-0.3, -0.25) is 4.79 Å². The number of anilines is 1. The molecule has 22 heavy (non-hydrogen) atoms. The molecule has 1 amide bonds. The highest BCUT2D eigenvalue weighted by Gasteiger charge is 2.30. The van der Waals surface area contributed by atoms with Crippen LogP contribution in [0.15, 0.2) is 36.0 Å². The third kappa shape index (κ3) is 4.01. The predicted molar refractivity (Wildman–Crippen MR) is 74.6 cm³/mol. The van der Waals surface area contributed by atoms with Crippen molar-refractivity contribution in [2.24, 2.45) is 0 Å². The van der Waals surface area contributed by atoms with Crippen LogP contribution in [0.1, 0.15) is 18.4 Å². The summed E-state index contributed by atoms with van der Waals surface area (Å²) in [5.41, 5.74) is -0.978. The minimum Gasteiger partial charge on any atom is -0.376 e. The number of nitriles is 1. The first-order valence-corrected chi connectivity index (χ1v) is 6.75. The molecular formula is C15H14F3N3O. The molecule has 116 valence electrons. The predicted octanol–water partition coefficient (Wildman–Crippen LogP) is 3.15. The van der Waals surface area contributed by atoms with E-state index in [0.29, 0.717) is 0 Å². The van der Waals surface area contributed by atoms with E-state index in [0.717, 1.165) is 38.1 Å². The van der Waals surface area contributed by atoms with Crippen LogP contribution < -0.4 is 5.32 Å². The van der Waals surface area contributed by atoms with Crippen molar-refractivity contribution in [1.29, 1.82) is 5.26 Å². The van der Waals surface area contributed by atoms with Gasteiger partial charge in [0, 0.05) is 25.0 Å². The van der Waals surface area contributed by atoms with Crippen molar-refractivity contribution in [1.82, 2.24) is 4.90 Å². The molecule has 0 unspecified atom stereocenters. The lowest BCUT2D eigenvalue weighted by Gasteiger charge is -2.12. The van der Waals surface area contributed by atoms with Crippen molar-refractivity contribution in [2.75, 3.05) is 18.4 Å². The number of hydrogen-bond acceptors (Lipinski definition) is 3. The molecule has 0 spiro atoms. The SMILES string of the molecule is N#C/C(=C/N1CCCC1)C(=O)Nc1cccc(C(F)(F)F)c1. The Morgan fingerprint density at radius 3 is 2.59 bits per heavy atom. The maximum atomic E-state index is 12.6. The van der Waals surface area contributed by atoms with Gasteiger partial charge >= 0.3 is 6.18 Å². The van der Waals surface area contributed by atoms with Gasteiger partial charge in [-0.1, -0.05) is 6.07 Å². The number of benzene rings is 1. The summed E-state index contributed by atoms with van der Waals surface area (Å²) < 4.78 is 37.9. The standard InChI is InChI=1S/C15H14F3N3O/c16-15(17,18)12-4-3-5-13(8-12)20-14(22)11(9-19)10-21-6-1-2-7-21/h3-5,8,10H,1-2,6-7H2,(H,20,22)/b11-10-. The summed E-state index contributed by atoms with van der Waals surface area (Å²) in [5.74, 6) is -0.714. The monoisotopic (exact) mass is 309 g/mol. The van der Waals surface area contributed by atoms with Gasteiger partial charge in [0.25, 0.3) is 5.91 Å². The zero-order chi connectivity index (χ0) is 16.2. The fourth-order valence-corrected chi connectivity index (χ4v) is 2.16. The Bertz CT molecular complexity index is 626. The van der Waals surface area contributed by atoms with Crippen molar-refractivity contribution >= 4 is 11.6 Å². The summed E-state index contributed by atoms with van der Waals surface area (Å²) in [4.78, 5) is 13.8. The lowest BCUT2D eigenvalue weighted by molar-refractivity contribution is -0.137. The molecule has 1 aromatic rings. The van der Waals surface area contributed by atoms with Crippen LogP contribution in [0.3, 0.4) is 0 Å². The van der Waals surface area contributed by atoms with Crippen LogP contribution in [0.25, 0.3) is 0 Å². The molecule has 2 rings (SSSR count). The lowest BCUT2D eigenvalue weighted by atomic mass is 10.2. The number of carbonyl (C=O) groups excluding carboxylic acids is 1. The molecule has 0 saturated carbocycles. The van der Waals surface area contributed by atoms with Crippen LogP contribution in [-0.4, -0.2) is 23.9 Å². The quantitative estimate of drug-likeness (QED) is 0.689. The van der Waals surface area contributed by atoms with Crippen LogP contribution in [0.4, 0.5) is 18.9 Å². The summed E-state index contributed by atoms with van der Waals surface area (Å²) >= 11 is 0. The fraction of sp³-hybridized carbons (Fsp3) is 0.333. The highest BCUT2D eigenvalue weighted by Crippen LogP contribution is 2.30. The van der Waals surface area contributed by atoms with E-state index < -0.39 is 17.6 Å². The number of alkyl halides is 3. The Morgan fingerprint density at radius 1 is 1.32 bits per heavy atom. The molecule has 0 bridgehead atoms. The fourth-order valence-electron chi connectivity index (χ4n) is 2.16. The summed E-state index contributed by atoms with van der Waals surface area (Å²) in [7, 11) is 0. The minimum absolute atomic E-state index is 0.00222. The Labute approximate surface area is 125 Å². The van der Waals surface area contributed by atoms with Crippen LogP contribution in [0.5, 0.6) is 0 Å². The first kappa shape index (κ1) is 15.9. The average Bonchev–Trinajstić information content (AvgIpc) is 2.97. The average molecular weight is 309 g/mol. The smallest absolute Gasteiger partial charge is 0.376 e. The van der Waals surface area contributed by atoms with E-state index in [1.165, 1.54) is 18.3 Å². The summed E-state index contributed by atoms with van der Waals surface area (Å²) in [6, 6.07) is 6.08. The van der Waals surface area contributed by atoms with E-state index in [1.54, 1.807) is 6.07 Å². The molecule has 1 saturated heterocycles. The highest BCUT2D eigenvalue weighted by atomic mass is 19.4. The molecule has 0 aromatic heterocycles. The molecule has 0 radical (unpaired) electrons. The van der Waals surface area contributed by atoms with Crippen LogP contribution >= 0.6 is 0 Å². The van der Waals surface area contributed by atoms with Crippen molar-refractivity contribution in [3.8, 4) is 6.07 Å². The summed E-state index contributed by atoms with van der Waals surface area (Å²) in [6.07, 6.45) is -1.05. The molecule has 4 nitrogen and oxygen atoms in total. The lowest BCUT2D eigenvalue weighted by Crippen LogP contribution is -2.19. The van der Waals surface area contributed by atoms with Crippen molar-refractivity contribution in [3.05, 3.63) is 41.6 Å². The molecule has 0 aliphatic carbocycles. The van der Waals surface area contributed by atoms with Gasteiger partial charge in [-0.2, -0.15) is 18.4 Å². The van der Waals surface area contributed by atoms with Gasteiger partial charge in [0.1, 0.15) is 11.6 Å². The van der Waals surface area contributed by atoms with Gasteiger partial charge in [-0.05, 0) is 31.0 Å². The second-order valence-corrected chi connectivity index (χ2v) is 4.93. The number of halogens is 3. The van der Waals surface area contributed by atoms with Gasteiger partial charge in [0.05, 0.1) is 5.56 Å². The zero-order valence-electron chi connectivity index (χ0n) is 11.7. The van der Waals surface area contributed by atoms with Gasteiger partial charge in [0.2, 0.25) is 0 Å². The Kier molecular flexibility index (Phi) is 4.71. The molecule has 1 aliphatic heterocycles. The Morgan fingerprint density at radius 2 is 2.00 bits per heavy atom. The van der Waals surface area contributed by atoms with Gasteiger partial charge < -0.3 is 10.2 Å². The maximum Gasteiger partial charge on any atom is 0.416 e. The number of carbonyl (C=O) groups is 1. The molecule has 1 aromatic carbocycles. The van der Waals surface area contributed by atoms with E-state index in [-0.39, 0.29) is 11.3 Å². The molecule has 1 aliphatic rings. The minimum atomic E-state index is -4.48. The first-order valence-electron chi connectivity index (χ1n) is 6.75. The molecular weight excluding hydrogens is 295 g/mol. The maximum absolute atomic E-state index is 12.6. The van der Waals surface area contributed by atoms with E-state index in [4.69, 9.17) is 5.26 Å². The normalized spacial score (nSPS) is 15.5. The second kappa shape index (κ2) is 6.52. The van der Waals surface area contributed by atoms with Crippen LogP contribution in [0, 0.1) is 11.3 Å². The number of hydrogen-bond donors (Lipinski definition) is 1. The first-order chi connectivity index (χ1) is 10.4. The molecule has 7 heteroatoms. The highest BCUT2D eigenvalue weighted by molar-refractivity contribution is 6.06. The van der Waals surface area contributed by atoms with Crippen molar-refractivity contribution in [3.63, 3.8) is 0 Å². The largest absolute Gasteiger partial charge is 0.416 e. The Balaban J connectivity index is 2.12. The van der Waals surface area contributed by atoms with Crippen LogP contribution in [-0.2, 0) is 11.0 Å². The third-order valence-corrected chi connectivity index (χ3v) is 3.27. The zero-order valence-corrected chi connectivity index (χ0v) is 11.7. The number of likely N-dealkylation sites (tertiary alicyclic amines) is 1. The van der Waals surface area contributed by atoms with Gasteiger partial charge in [-0.25, -0.2) is 0 Å². The van der Waals surface area contributed by atoms with Crippen molar-refractivity contribution < 1.29 is 18.0 Å². The number of nitrogens with zero attached hydrogens (tertiary/aromatic N) is 2. The molecule has 1 N–H and O–H groups in total. The number of amides is 1. The second-order valence-electron chi connectivity index (χ2n) is 4.93. The van der Waals surface area contributed by atoms with E-state index in [9.17, 15) is 18.0 Å². The number of rotatable bonds is 3. The van der Waals surface area contributed by atoms with E-state index in [1.807, 2.05) is 4.90 Å². The van der Waals surface area contributed by atoms with Crippen LogP contribution in [0.2, 0.25) is 0 Å². The number of nitrogens with one attached hydrogen (secondary N) is 1. The summed E-state index contributed by atoms with van der Waals surface area (Å²) in [5, 5.41) is 11.4. The van der Waals surface area contributed by atoms with Crippen molar-refractivity contribution in [2.45, 2.75) is 19.0 Å². The van der Waals surface area contributed by atoms with Gasteiger partial charge in [-0.15, -0.1) is 0 Å².